The third-order valence-corrected chi connectivity index (χ3v) is 2.87. The molecule has 1 aromatic rings. The highest BCUT2D eigenvalue weighted by atomic mass is 16.3. The molecular formula is C11H14N2O2. The molecule has 0 bridgehead atoms. The zero-order valence-electron chi connectivity index (χ0n) is 8.73. The maximum absolute atomic E-state index is 10.4. The van der Waals surface area contributed by atoms with Gasteiger partial charge in [-0.1, -0.05) is 0 Å². The van der Waals surface area contributed by atoms with Gasteiger partial charge in [-0.2, -0.15) is 0 Å². The lowest BCUT2D eigenvalue weighted by molar-refractivity contribution is 0.476. The number of nitrogens with zero attached hydrogens (tertiary/aromatic N) is 2. The van der Waals surface area contributed by atoms with Gasteiger partial charge in [0.15, 0.2) is 0 Å². The van der Waals surface area contributed by atoms with E-state index in [2.05, 4.69) is 17.0 Å². The Balaban J connectivity index is 2.49. The topological polar surface area (TPSA) is 52.9 Å². The van der Waals surface area contributed by atoms with Crippen LogP contribution in [0.3, 0.4) is 0 Å². The molecule has 15 heavy (non-hydrogen) atoms. The van der Waals surface area contributed by atoms with Crippen LogP contribution in [0.1, 0.15) is 18.9 Å². The van der Waals surface area contributed by atoms with E-state index in [-0.39, 0.29) is 11.4 Å². The van der Waals surface area contributed by atoms with Crippen molar-refractivity contribution in [3.8, 4) is 5.75 Å². The van der Waals surface area contributed by atoms with Crippen LogP contribution in [0.4, 0.5) is 11.4 Å². The highest BCUT2D eigenvalue weighted by Gasteiger charge is 2.18. The second-order valence-corrected chi connectivity index (χ2v) is 3.74. The van der Waals surface area contributed by atoms with Crippen molar-refractivity contribution in [3.63, 3.8) is 0 Å². The molecule has 2 rings (SSSR count). The van der Waals surface area contributed by atoms with Gasteiger partial charge in [0.05, 0.1) is 0 Å². The van der Waals surface area contributed by atoms with Gasteiger partial charge in [-0.15, -0.1) is 4.91 Å². The van der Waals surface area contributed by atoms with Crippen molar-refractivity contribution in [3.05, 3.63) is 22.6 Å². The lowest BCUT2D eigenvalue weighted by Gasteiger charge is -2.30. The molecule has 0 aromatic heterocycles. The van der Waals surface area contributed by atoms with E-state index in [1.54, 1.807) is 12.1 Å². The highest BCUT2D eigenvalue weighted by Crippen LogP contribution is 2.37. The maximum Gasteiger partial charge on any atom is 0.150 e. The summed E-state index contributed by atoms with van der Waals surface area (Å²) < 4.78 is 0. The summed E-state index contributed by atoms with van der Waals surface area (Å²) in [5.74, 6) is -0.0240. The number of hydrogen-bond donors (Lipinski definition) is 1. The number of rotatable bonds is 2. The molecule has 0 radical (unpaired) electrons. The van der Waals surface area contributed by atoms with Crippen molar-refractivity contribution >= 4 is 11.4 Å². The summed E-state index contributed by atoms with van der Waals surface area (Å²) in [5, 5.41) is 12.4. The van der Waals surface area contributed by atoms with Crippen LogP contribution in [0, 0.1) is 4.91 Å². The first-order chi connectivity index (χ1) is 7.26. The van der Waals surface area contributed by atoms with E-state index >= 15 is 0 Å². The van der Waals surface area contributed by atoms with Gasteiger partial charge in [0.1, 0.15) is 11.4 Å². The van der Waals surface area contributed by atoms with Crippen LogP contribution in [0.15, 0.2) is 17.3 Å². The number of aromatic hydroxyl groups is 1. The fraction of sp³-hybridized carbons (Fsp3) is 0.455. The molecule has 4 heteroatoms. The summed E-state index contributed by atoms with van der Waals surface area (Å²) in [6, 6.07) is 3.34. The first-order valence-electron chi connectivity index (χ1n) is 5.20. The van der Waals surface area contributed by atoms with Crippen molar-refractivity contribution in [2.75, 3.05) is 18.0 Å². The smallest absolute Gasteiger partial charge is 0.150 e. The highest BCUT2D eigenvalue weighted by molar-refractivity contribution is 5.66. The second kappa shape index (κ2) is 3.88. The Morgan fingerprint density at radius 3 is 3.00 bits per heavy atom. The van der Waals surface area contributed by atoms with Crippen molar-refractivity contribution in [2.45, 2.75) is 19.8 Å². The number of benzene rings is 1. The SMILES string of the molecule is CCN1CCCc2cc(N=O)c(O)cc21. The Bertz CT molecular complexity index is 390. The molecule has 0 spiro atoms. The van der Waals surface area contributed by atoms with Crippen LogP contribution in [0.2, 0.25) is 0 Å². The summed E-state index contributed by atoms with van der Waals surface area (Å²) in [4.78, 5) is 12.6. The minimum absolute atomic E-state index is 0.0240. The normalized spacial score (nSPS) is 14.9. The van der Waals surface area contributed by atoms with Crippen LogP contribution < -0.4 is 4.90 Å². The zero-order chi connectivity index (χ0) is 10.8. The number of fused-ring (bicyclic) bond motifs is 1. The fourth-order valence-electron chi connectivity index (χ4n) is 2.09. The number of phenols is 1. The molecule has 0 amide bonds. The van der Waals surface area contributed by atoms with Crippen molar-refractivity contribution < 1.29 is 5.11 Å². The van der Waals surface area contributed by atoms with E-state index in [9.17, 15) is 10.0 Å². The van der Waals surface area contributed by atoms with Crippen LogP contribution in [0.5, 0.6) is 5.75 Å². The Morgan fingerprint density at radius 1 is 1.53 bits per heavy atom. The monoisotopic (exact) mass is 206 g/mol. The van der Waals surface area contributed by atoms with Gasteiger partial charge in [-0.25, -0.2) is 0 Å². The summed E-state index contributed by atoms with van der Waals surface area (Å²) in [6.07, 6.45) is 2.04. The molecular weight excluding hydrogens is 192 g/mol. The maximum atomic E-state index is 10.4. The molecule has 1 aliphatic heterocycles. The van der Waals surface area contributed by atoms with Gasteiger partial charge in [0, 0.05) is 24.8 Å². The molecule has 0 saturated heterocycles. The van der Waals surface area contributed by atoms with E-state index in [1.807, 2.05) is 0 Å². The van der Waals surface area contributed by atoms with E-state index in [0.29, 0.717) is 0 Å². The molecule has 1 aliphatic rings. The van der Waals surface area contributed by atoms with E-state index < -0.39 is 0 Å². The lowest BCUT2D eigenvalue weighted by atomic mass is 10.0. The van der Waals surface area contributed by atoms with E-state index in [4.69, 9.17) is 0 Å². The fourth-order valence-corrected chi connectivity index (χ4v) is 2.09. The van der Waals surface area contributed by atoms with Gasteiger partial charge < -0.3 is 10.0 Å². The molecule has 0 fully saturated rings. The molecule has 80 valence electrons. The molecule has 1 aromatic carbocycles. The largest absolute Gasteiger partial charge is 0.505 e. The molecule has 1 heterocycles. The van der Waals surface area contributed by atoms with Crippen molar-refractivity contribution in [2.24, 2.45) is 5.18 Å². The first-order valence-corrected chi connectivity index (χ1v) is 5.20. The summed E-state index contributed by atoms with van der Waals surface area (Å²) in [5.41, 5.74) is 2.29. The molecule has 0 unspecified atom stereocenters. The van der Waals surface area contributed by atoms with E-state index in [1.165, 1.54) is 0 Å². The molecule has 0 saturated carbocycles. The summed E-state index contributed by atoms with van der Waals surface area (Å²) in [7, 11) is 0. The predicted octanol–water partition coefficient (Wildman–Crippen LogP) is 2.56. The minimum Gasteiger partial charge on any atom is -0.505 e. The first kappa shape index (κ1) is 9.96. The van der Waals surface area contributed by atoms with Crippen LogP contribution in [0.25, 0.3) is 0 Å². The standard InChI is InChI=1S/C11H14N2O2/c1-2-13-5-3-4-8-6-9(12-15)11(14)7-10(8)13/h6-7,14H,2-5H2,1H3. The van der Waals surface area contributed by atoms with E-state index in [0.717, 1.165) is 37.2 Å². The Labute approximate surface area is 88.5 Å². The van der Waals surface area contributed by atoms with Crippen molar-refractivity contribution in [1.82, 2.24) is 0 Å². The number of aryl methyl sites for hydroxylation is 1. The minimum atomic E-state index is -0.0240. The number of hydrogen-bond acceptors (Lipinski definition) is 4. The number of anilines is 1. The second-order valence-electron chi connectivity index (χ2n) is 3.74. The van der Waals surface area contributed by atoms with Crippen LogP contribution in [-0.4, -0.2) is 18.2 Å². The van der Waals surface area contributed by atoms with Gasteiger partial charge >= 0.3 is 0 Å². The Hall–Kier alpha value is -1.58. The predicted molar refractivity (Wildman–Crippen MR) is 59.8 cm³/mol. The average molecular weight is 206 g/mol. The molecule has 0 aliphatic carbocycles. The third-order valence-electron chi connectivity index (χ3n) is 2.87. The summed E-state index contributed by atoms with van der Waals surface area (Å²) >= 11 is 0. The van der Waals surface area contributed by atoms with Crippen LogP contribution in [-0.2, 0) is 6.42 Å². The number of phenolic OH excluding ortho intramolecular Hbond substituents is 1. The zero-order valence-corrected chi connectivity index (χ0v) is 8.73. The van der Waals surface area contributed by atoms with Crippen molar-refractivity contribution in [1.29, 1.82) is 0 Å². The third kappa shape index (κ3) is 1.67. The average Bonchev–Trinajstić information content (AvgIpc) is 2.27. The van der Waals surface area contributed by atoms with Crippen LogP contribution >= 0.6 is 0 Å². The molecule has 0 atom stereocenters. The van der Waals surface area contributed by atoms with Gasteiger partial charge in [0.2, 0.25) is 0 Å². The van der Waals surface area contributed by atoms with Gasteiger partial charge in [0.25, 0.3) is 0 Å². The Morgan fingerprint density at radius 2 is 2.33 bits per heavy atom. The van der Waals surface area contributed by atoms with Gasteiger partial charge in [-0.05, 0) is 36.6 Å². The quantitative estimate of drug-likeness (QED) is 0.756. The Kier molecular flexibility index (Phi) is 2.58. The number of nitroso groups, excluding NO2 is 1. The van der Waals surface area contributed by atoms with Gasteiger partial charge in [-0.3, -0.25) is 0 Å². The lowest BCUT2D eigenvalue weighted by Crippen LogP contribution is -2.28. The molecule has 1 N–H and O–H groups in total. The molecule has 4 nitrogen and oxygen atoms in total. The summed E-state index contributed by atoms with van der Waals surface area (Å²) in [6.45, 7) is 4.01.